The van der Waals surface area contributed by atoms with Crippen LogP contribution in [0.2, 0.25) is 5.02 Å². The van der Waals surface area contributed by atoms with E-state index < -0.39 is 5.91 Å². The van der Waals surface area contributed by atoms with Crippen LogP contribution in [0.5, 0.6) is 0 Å². The van der Waals surface area contributed by atoms with E-state index in [1.807, 2.05) is 24.3 Å². The first kappa shape index (κ1) is 17.4. The van der Waals surface area contributed by atoms with Gasteiger partial charge in [0, 0.05) is 15.3 Å². The van der Waals surface area contributed by atoms with Crippen LogP contribution in [0, 0.1) is 5.92 Å². The van der Waals surface area contributed by atoms with Crippen LogP contribution in [0.15, 0.2) is 30.3 Å². The van der Waals surface area contributed by atoms with Crippen molar-refractivity contribution in [2.45, 2.75) is 19.3 Å². The monoisotopic (exact) mass is 386 g/mol. The Balaban J connectivity index is 1.78. The Morgan fingerprint density at radius 3 is 2.81 bits per heavy atom. The molecule has 1 aromatic carbocycles. The van der Waals surface area contributed by atoms with Gasteiger partial charge in [0.25, 0.3) is 5.91 Å². The second-order valence-electron chi connectivity index (χ2n) is 6.64. The number of carbonyl (C=O) groups is 1. The normalized spacial score (nSPS) is 17.5. The van der Waals surface area contributed by atoms with E-state index in [2.05, 4.69) is 21.6 Å². The number of piperidine rings is 1. The van der Waals surface area contributed by atoms with Crippen LogP contribution in [0.25, 0.3) is 20.5 Å². The maximum Gasteiger partial charge on any atom is 0.270 e. The lowest BCUT2D eigenvalue weighted by Gasteiger charge is -2.22. The number of aromatic nitrogens is 2. The molecule has 3 N–H and O–H groups in total. The van der Waals surface area contributed by atoms with Crippen molar-refractivity contribution in [3.63, 3.8) is 0 Å². The molecule has 0 aliphatic carbocycles. The molecule has 134 valence electrons. The largest absolute Gasteiger partial charge is 0.364 e. The van der Waals surface area contributed by atoms with Crippen molar-refractivity contribution in [3.05, 3.63) is 46.7 Å². The fourth-order valence-corrected chi connectivity index (χ4v) is 4.73. The van der Waals surface area contributed by atoms with E-state index in [4.69, 9.17) is 17.3 Å². The van der Waals surface area contributed by atoms with E-state index in [0.717, 1.165) is 45.7 Å². The third-order valence-corrected chi connectivity index (χ3v) is 6.21. The number of rotatable bonds is 4. The summed E-state index contributed by atoms with van der Waals surface area (Å²) in [5, 5.41) is 13.6. The van der Waals surface area contributed by atoms with Gasteiger partial charge in [-0.05, 0) is 62.0 Å². The van der Waals surface area contributed by atoms with Gasteiger partial charge in [-0.25, -0.2) is 0 Å². The summed E-state index contributed by atoms with van der Waals surface area (Å²) in [6.07, 6.45) is 3.22. The molecule has 0 bridgehead atoms. The average molecular weight is 387 g/mol. The topological polar surface area (TPSA) is 80.9 Å². The molecule has 4 rings (SSSR count). The highest BCUT2D eigenvalue weighted by Crippen LogP contribution is 2.37. The zero-order chi connectivity index (χ0) is 18.1. The van der Waals surface area contributed by atoms with E-state index in [1.165, 1.54) is 24.2 Å². The van der Waals surface area contributed by atoms with Crippen molar-refractivity contribution in [2.75, 3.05) is 13.1 Å². The lowest BCUT2D eigenvalue weighted by Crippen LogP contribution is -2.31. The van der Waals surface area contributed by atoms with Crippen LogP contribution < -0.4 is 11.1 Å². The Hall–Kier alpha value is -2.02. The molecule has 0 radical (unpaired) electrons. The van der Waals surface area contributed by atoms with Crippen molar-refractivity contribution in [1.82, 2.24) is 15.5 Å². The molecule has 7 heteroatoms. The molecule has 5 nitrogen and oxygen atoms in total. The maximum atomic E-state index is 11.8. The first-order valence-electron chi connectivity index (χ1n) is 8.67. The number of hydrogen-bond donors (Lipinski definition) is 2. The van der Waals surface area contributed by atoms with E-state index >= 15 is 0 Å². The molecule has 0 saturated carbocycles. The molecule has 1 amide bonds. The molecule has 3 heterocycles. The van der Waals surface area contributed by atoms with Crippen molar-refractivity contribution < 1.29 is 4.79 Å². The first-order chi connectivity index (χ1) is 12.6. The molecule has 26 heavy (non-hydrogen) atoms. The number of fused-ring (bicyclic) bond motifs is 1. The molecule has 1 aliphatic heterocycles. The van der Waals surface area contributed by atoms with Gasteiger partial charge in [0.15, 0.2) is 5.69 Å². The Kier molecular flexibility index (Phi) is 4.89. The van der Waals surface area contributed by atoms with Gasteiger partial charge in [-0.1, -0.05) is 23.7 Å². The number of nitrogens with two attached hydrogens (primary N) is 1. The predicted molar refractivity (Wildman–Crippen MR) is 106 cm³/mol. The molecular weight excluding hydrogens is 368 g/mol. The minimum Gasteiger partial charge on any atom is -0.364 e. The minimum absolute atomic E-state index is 0.246. The fraction of sp³-hybridized carbons (Fsp3) is 0.316. The molecule has 1 saturated heterocycles. The van der Waals surface area contributed by atoms with E-state index in [0.29, 0.717) is 10.9 Å². The zero-order valence-corrected chi connectivity index (χ0v) is 15.7. The van der Waals surface area contributed by atoms with E-state index in [-0.39, 0.29) is 5.69 Å². The molecule has 0 unspecified atom stereocenters. The van der Waals surface area contributed by atoms with Crippen LogP contribution >= 0.6 is 22.9 Å². The summed E-state index contributed by atoms with van der Waals surface area (Å²) >= 11 is 7.52. The van der Waals surface area contributed by atoms with Gasteiger partial charge in [0.1, 0.15) is 0 Å². The van der Waals surface area contributed by atoms with Gasteiger partial charge >= 0.3 is 0 Å². The van der Waals surface area contributed by atoms with E-state index in [9.17, 15) is 4.79 Å². The molecule has 1 atom stereocenters. The first-order valence-corrected chi connectivity index (χ1v) is 9.87. The number of primary amides is 1. The lowest BCUT2D eigenvalue weighted by molar-refractivity contribution is 0.0996. The fourth-order valence-electron chi connectivity index (χ4n) is 3.43. The van der Waals surface area contributed by atoms with Crippen LogP contribution in [-0.4, -0.2) is 29.2 Å². The maximum absolute atomic E-state index is 11.8. The molecule has 1 aliphatic rings. The quantitative estimate of drug-likeness (QED) is 0.717. The SMILES string of the molecule is NC(=O)c1nnc(C[C@H]2CCCNC2)c2cc(-c3ccc(Cl)cc3)sc12. The Morgan fingerprint density at radius 1 is 1.31 bits per heavy atom. The van der Waals surface area contributed by atoms with Crippen molar-refractivity contribution in [2.24, 2.45) is 11.7 Å². The number of hydrogen-bond acceptors (Lipinski definition) is 5. The van der Waals surface area contributed by atoms with Crippen LogP contribution in [0.4, 0.5) is 0 Å². The van der Waals surface area contributed by atoms with Gasteiger partial charge in [-0.3, -0.25) is 4.79 Å². The summed E-state index contributed by atoms with van der Waals surface area (Å²) < 4.78 is 0.816. The standard InChI is InChI=1S/C19H19ClN4OS/c20-13-5-3-12(4-6-13)16-9-14-15(8-11-2-1-7-22-10-11)23-24-17(19(21)25)18(14)26-16/h3-6,9,11,22H,1-2,7-8,10H2,(H2,21,25)/t11-/m1/s1. The Labute approximate surface area is 160 Å². The highest BCUT2D eigenvalue weighted by Gasteiger charge is 2.21. The third kappa shape index (κ3) is 3.45. The summed E-state index contributed by atoms with van der Waals surface area (Å²) in [6.45, 7) is 2.08. The number of nitrogens with zero attached hydrogens (tertiary/aromatic N) is 2. The van der Waals surface area contributed by atoms with Gasteiger partial charge in [-0.2, -0.15) is 5.10 Å². The highest BCUT2D eigenvalue weighted by atomic mass is 35.5. The van der Waals surface area contributed by atoms with Crippen molar-refractivity contribution in [3.8, 4) is 10.4 Å². The summed E-state index contributed by atoms with van der Waals surface area (Å²) in [5.74, 6) is -0.00236. The third-order valence-electron chi connectivity index (χ3n) is 4.77. The highest BCUT2D eigenvalue weighted by molar-refractivity contribution is 7.22. The lowest BCUT2D eigenvalue weighted by atomic mass is 9.93. The van der Waals surface area contributed by atoms with Gasteiger partial charge in [0.2, 0.25) is 0 Å². The smallest absolute Gasteiger partial charge is 0.270 e. The number of halogens is 1. The number of amides is 1. The second-order valence-corrected chi connectivity index (χ2v) is 8.13. The van der Waals surface area contributed by atoms with Gasteiger partial charge in [0.05, 0.1) is 10.4 Å². The number of nitrogens with one attached hydrogen (secondary N) is 1. The van der Waals surface area contributed by atoms with Crippen LogP contribution in [-0.2, 0) is 6.42 Å². The number of benzene rings is 1. The summed E-state index contributed by atoms with van der Waals surface area (Å²) in [5.41, 5.74) is 7.76. The molecule has 3 aromatic rings. The Bertz CT molecular complexity index is 948. The van der Waals surface area contributed by atoms with Crippen molar-refractivity contribution >= 4 is 38.9 Å². The number of thiophene rings is 1. The molecular formula is C19H19ClN4OS. The van der Waals surface area contributed by atoms with Gasteiger partial charge < -0.3 is 11.1 Å². The summed E-state index contributed by atoms with van der Waals surface area (Å²) in [4.78, 5) is 12.9. The Morgan fingerprint density at radius 2 is 2.12 bits per heavy atom. The van der Waals surface area contributed by atoms with Crippen LogP contribution in [0.3, 0.4) is 0 Å². The van der Waals surface area contributed by atoms with Crippen LogP contribution in [0.1, 0.15) is 29.0 Å². The molecule has 2 aromatic heterocycles. The number of carbonyl (C=O) groups excluding carboxylic acids is 1. The zero-order valence-electron chi connectivity index (χ0n) is 14.2. The van der Waals surface area contributed by atoms with Crippen molar-refractivity contribution in [1.29, 1.82) is 0 Å². The minimum atomic E-state index is -0.544. The van der Waals surface area contributed by atoms with E-state index in [1.54, 1.807) is 0 Å². The average Bonchev–Trinajstić information content (AvgIpc) is 3.09. The predicted octanol–water partition coefficient (Wildman–Crippen LogP) is 3.65. The second kappa shape index (κ2) is 7.31. The summed E-state index contributed by atoms with van der Waals surface area (Å²) in [6, 6.07) is 9.77. The molecule has 0 spiro atoms. The van der Waals surface area contributed by atoms with Gasteiger partial charge in [-0.15, -0.1) is 16.4 Å². The molecule has 1 fully saturated rings. The summed E-state index contributed by atoms with van der Waals surface area (Å²) in [7, 11) is 0.